The minimum Gasteiger partial charge on any atom is -0.481 e. The average molecular weight is 335 g/mol. The van der Waals surface area contributed by atoms with E-state index in [-0.39, 0.29) is 30.5 Å². The van der Waals surface area contributed by atoms with Crippen LogP contribution in [0.1, 0.15) is 19.8 Å². The van der Waals surface area contributed by atoms with Crippen LogP contribution in [0.4, 0.5) is 11.4 Å². The van der Waals surface area contributed by atoms with Gasteiger partial charge in [0.2, 0.25) is 5.91 Å². The van der Waals surface area contributed by atoms with Crippen LogP contribution in [0, 0.1) is 22.0 Å². The molecule has 2 atom stereocenters. The lowest BCUT2D eigenvalue weighted by molar-refractivity contribution is -0.384. The number of nitro benzene ring substituents is 1. The maximum atomic E-state index is 12.2. The Morgan fingerprint density at radius 2 is 2.12 bits per heavy atom. The highest BCUT2D eigenvalue weighted by atomic mass is 16.6. The molecule has 1 heterocycles. The zero-order valence-corrected chi connectivity index (χ0v) is 13.5. The average Bonchev–Trinajstić information content (AvgIpc) is 2.54. The Kier molecular flexibility index (Phi) is 5.73. The predicted octanol–water partition coefficient (Wildman–Crippen LogP) is 1.97. The highest BCUT2D eigenvalue weighted by Gasteiger charge is 2.32. The number of anilines is 1. The van der Waals surface area contributed by atoms with Gasteiger partial charge in [0.15, 0.2) is 0 Å². The van der Waals surface area contributed by atoms with Gasteiger partial charge in [0.25, 0.3) is 5.69 Å². The Balaban J connectivity index is 1.84. The Bertz CT molecular complexity index is 634. The number of para-hydroxylation sites is 2. The minimum atomic E-state index is -0.812. The molecule has 1 fully saturated rings. The highest BCUT2D eigenvalue weighted by molar-refractivity contribution is 5.78. The summed E-state index contributed by atoms with van der Waals surface area (Å²) in [6.07, 6.45) is 0.663. The number of carboxylic acid groups (broad SMARTS) is 1. The first-order chi connectivity index (χ1) is 11.4. The number of hydrogen-bond acceptors (Lipinski definition) is 5. The number of carbonyl (C=O) groups is 2. The standard InChI is InChI=1S/C16H21N3O5/c1-11-10-18(9-7-12(11)16(21)22)15(20)6-8-17-13-4-2-3-5-14(13)19(23)24/h2-5,11-12,17H,6-10H2,1H3,(H,21,22). The molecule has 1 amide bonds. The molecule has 1 aromatic carbocycles. The van der Waals surface area contributed by atoms with Gasteiger partial charge in [-0.2, -0.15) is 0 Å². The van der Waals surface area contributed by atoms with Crippen molar-refractivity contribution in [3.8, 4) is 0 Å². The van der Waals surface area contributed by atoms with E-state index >= 15 is 0 Å². The van der Waals surface area contributed by atoms with Gasteiger partial charge >= 0.3 is 5.97 Å². The molecule has 1 saturated heterocycles. The van der Waals surface area contributed by atoms with Crippen LogP contribution in [0.5, 0.6) is 0 Å². The lowest BCUT2D eigenvalue weighted by atomic mass is 9.87. The van der Waals surface area contributed by atoms with Crippen LogP contribution < -0.4 is 5.32 Å². The molecule has 130 valence electrons. The van der Waals surface area contributed by atoms with E-state index in [9.17, 15) is 19.7 Å². The molecule has 24 heavy (non-hydrogen) atoms. The van der Waals surface area contributed by atoms with Gasteiger partial charge in [-0.25, -0.2) is 0 Å². The summed E-state index contributed by atoms with van der Waals surface area (Å²) < 4.78 is 0. The van der Waals surface area contributed by atoms with E-state index in [1.165, 1.54) is 6.07 Å². The lowest BCUT2D eigenvalue weighted by Gasteiger charge is -2.35. The number of nitrogens with zero attached hydrogens (tertiary/aromatic N) is 2. The SMILES string of the molecule is CC1CN(C(=O)CCNc2ccccc2[N+](=O)[O-])CCC1C(=O)O. The Labute approximate surface area is 139 Å². The van der Waals surface area contributed by atoms with Crippen LogP contribution in [0.25, 0.3) is 0 Å². The van der Waals surface area contributed by atoms with Crippen LogP contribution in [-0.2, 0) is 9.59 Å². The van der Waals surface area contributed by atoms with E-state index in [1.807, 2.05) is 6.92 Å². The third-order valence-corrected chi connectivity index (χ3v) is 4.33. The van der Waals surface area contributed by atoms with Gasteiger partial charge in [-0.1, -0.05) is 19.1 Å². The number of hydrogen-bond donors (Lipinski definition) is 2. The minimum absolute atomic E-state index is 0.0270. The molecule has 8 heteroatoms. The second-order valence-electron chi connectivity index (χ2n) is 6.00. The number of benzene rings is 1. The van der Waals surface area contributed by atoms with Crippen LogP contribution in [0.15, 0.2) is 24.3 Å². The van der Waals surface area contributed by atoms with Gasteiger partial charge < -0.3 is 15.3 Å². The normalized spacial score (nSPS) is 20.5. The maximum Gasteiger partial charge on any atom is 0.306 e. The summed E-state index contributed by atoms with van der Waals surface area (Å²) in [7, 11) is 0. The van der Waals surface area contributed by atoms with E-state index in [2.05, 4.69) is 5.32 Å². The summed E-state index contributed by atoms with van der Waals surface area (Å²) in [5.74, 6) is -1.37. The third kappa shape index (κ3) is 4.21. The maximum absolute atomic E-state index is 12.2. The summed E-state index contributed by atoms with van der Waals surface area (Å²) in [4.78, 5) is 35.5. The number of carboxylic acids is 1. The van der Waals surface area contributed by atoms with E-state index in [0.717, 1.165) is 0 Å². The summed E-state index contributed by atoms with van der Waals surface area (Å²) in [6, 6.07) is 6.28. The topological polar surface area (TPSA) is 113 Å². The number of aliphatic carboxylic acids is 1. The summed E-state index contributed by atoms with van der Waals surface area (Å²) in [6.45, 7) is 2.99. The van der Waals surface area contributed by atoms with E-state index in [0.29, 0.717) is 25.2 Å². The van der Waals surface area contributed by atoms with Crippen LogP contribution in [0.3, 0.4) is 0 Å². The van der Waals surface area contributed by atoms with E-state index in [1.54, 1.807) is 23.1 Å². The molecule has 0 saturated carbocycles. The number of piperidine rings is 1. The number of rotatable bonds is 6. The fourth-order valence-electron chi connectivity index (χ4n) is 2.98. The Hall–Kier alpha value is -2.64. The second kappa shape index (κ2) is 7.76. The molecule has 1 aliphatic heterocycles. The van der Waals surface area contributed by atoms with Crippen molar-refractivity contribution in [1.82, 2.24) is 4.90 Å². The molecule has 2 rings (SSSR count). The van der Waals surface area contributed by atoms with Gasteiger partial charge in [-0.3, -0.25) is 19.7 Å². The van der Waals surface area contributed by atoms with E-state index < -0.39 is 16.8 Å². The molecule has 2 unspecified atom stereocenters. The van der Waals surface area contributed by atoms with Crippen molar-refractivity contribution in [1.29, 1.82) is 0 Å². The van der Waals surface area contributed by atoms with Gasteiger partial charge in [0, 0.05) is 32.1 Å². The summed E-state index contributed by atoms with van der Waals surface area (Å²) in [5, 5.41) is 23.0. The Morgan fingerprint density at radius 1 is 1.42 bits per heavy atom. The van der Waals surface area contributed by atoms with Crippen molar-refractivity contribution in [2.45, 2.75) is 19.8 Å². The van der Waals surface area contributed by atoms with Crippen molar-refractivity contribution < 1.29 is 19.6 Å². The Morgan fingerprint density at radius 3 is 2.75 bits per heavy atom. The van der Waals surface area contributed by atoms with E-state index in [4.69, 9.17) is 5.11 Å². The fraction of sp³-hybridized carbons (Fsp3) is 0.500. The second-order valence-corrected chi connectivity index (χ2v) is 6.00. The predicted molar refractivity (Wildman–Crippen MR) is 87.7 cm³/mol. The molecular weight excluding hydrogens is 314 g/mol. The smallest absolute Gasteiger partial charge is 0.306 e. The number of amides is 1. The zero-order valence-electron chi connectivity index (χ0n) is 13.5. The molecule has 0 aliphatic carbocycles. The molecule has 0 bridgehead atoms. The monoisotopic (exact) mass is 335 g/mol. The molecule has 0 radical (unpaired) electrons. The first-order valence-electron chi connectivity index (χ1n) is 7.88. The zero-order chi connectivity index (χ0) is 17.7. The highest BCUT2D eigenvalue weighted by Crippen LogP contribution is 2.25. The number of carbonyl (C=O) groups excluding carboxylic acids is 1. The number of nitro groups is 1. The van der Waals surface area contributed by atoms with Crippen molar-refractivity contribution >= 4 is 23.3 Å². The van der Waals surface area contributed by atoms with Gasteiger partial charge in [-0.15, -0.1) is 0 Å². The molecule has 1 aliphatic rings. The number of nitrogens with one attached hydrogen (secondary N) is 1. The first-order valence-corrected chi connectivity index (χ1v) is 7.88. The third-order valence-electron chi connectivity index (χ3n) is 4.33. The molecular formula is C16H21N3O5. The van der Waals surface area contributed by atoms with Crippen molar-refractivity contribution in [2.75, 3.05) is 25.0 Å². The molecule has 0 aromatic heterocycles. The van der Waals surface area contributed by atoms with Crippen molar-refractivity contribution in [3.05, 3.63) is 34.4 Å². The van der Waals surface area contributed by atoms with Crippen LogP contribution >= 0.6 is 0 Å². The summed E-state index contributed by atoms with van der Waals surface area (Å²) >= 11 is 0. The van der Waals surface area contributed by atoms with Crippen LogP contribution in [-0.4, -0.2) is 46.4 Å². The van der Waals surface area contributed by atoms with Crippen LogP contribution in [0.2, 0.25) is 0 Å². The number of likely N-dealkylation sites (tertiary alicyclic amines) is 1. The summed E-state index contributed by atoms with van der Waals surface area (Å²) in [5.41, 5.74) is 0.356. The molecule has 1 aromatic rings. The van der Waals surface area contributed by atoms with Crippen molar-refractivity contribution in [2.24, 2.45) is 11.8 Å². The molecule has 2 N–H and O–H groups in total. The quantitative estimate of drug-likeness (QED) is 0.607. The van der Waals surface area contributed by atoms with Gasteiger partial charge in [0.1, 0.15) is 5.69 Å². The lowest BCUT2D eigenvalue weighted by Crippen LogP contribution is -2.45. The molecule has 0 spiro atoms. The largest absolute Gasteiger partial charge is 0.481 e. The first kappa shape index (κ1) is 17.7. The van der Waals surface area contributed by atoms with Crippen molar-refractivity contribution in [3.63, 3.8) is 0 Å². The molecule has 8 nitrogen and oxygen atoms in total. The van der Waals surface area contributed by atoms with Gasteiger partial charge in [0.05, 0.1) is 10.8 Å². The van der Waals surface area contributed by atoms with Gasteiger partial charge in [-0.05, 0) is 18.4 Å². The fourth-order valence-corrected chi connectivity index (χ4v) is 2.98.